The van der Waals surface area contributed by atoms with E-state index < -0.39 is 0 Å². The summed E-state index contributed by atoms with van der Waals surface area (Å²) in [6.45, 7) is 4.38. The molecule has 6 heteroatoms. The highest BCUT2D eigenvalue weighted by Crippen LogP contribution is 2.31. The van der Waals surface area contributed by atoms with E-state index in [4.69, 9.17) is 0 Å². The minimum Gasteiger partial charge on any atom is -0.305 e. The molecular weight excluding hydrogens is 329 g/mol. The molecule has 0 spiro atoms. The lowest BCUT2D eigenvalue weighted by Gasteiger charge is -2.03. The van der Waals surface area contributed by atoms with Crippen LogP contribution < -0.4 is 0 Å². The molecule has 0 aliphatic heterocycles. The van der Waals surface area contributed by atoms with Crippen molar-refractivity contribution < 1.29 is 4.39 Å². The van der Waals surface area contributed by atoms with Gasteiger partial charge in [0, 0.05) is 28.6 Å². The summed E-state index contributed by atoms with van der Waals surface area (Å²) in [7, 11) is 1.98. The first kappa shape index (κ1) is 16.2. The van der Waals surface area contributed by atoms with Crippen LogP contribution in [0.25, 0.3) is 11.4 Å². The zero-order chi connectivity index (χ0) is 16.4. The lowest BCUT2D eigenvalue weighted by atomic mass is 10.1. The molecule has 0 unspecified atom stereocenters. The Morgan fingerprint density at radius 2 is 1.96 bits per heavy atom. The molecule has 0 N–H and O–H groups in total. The first-order valence-corrected chi connectivity index (χ1v) is 9.26. The molecule has 2 heterocycles. The van der Waals surface area contributed by atoms with Gasteiger partial charge < -0.3 is 4.57 Å². The summed E-state index contributed by atoms with van der Waals surface area (Å²) < 4.78 is 14.9. The van der Waals surface area contributed by atoms with Gasteiger partial charge in [0.1, 0.15) is 5.82 Å². The van der Waals surface area contributed by atoms with Crippen molar-refractivity contribution in [2.24, 2.45) is 7.05 Å². The summed E-state index contributed by atoms with van der Waals surface area (Å²) in [4.78, 5) is 1.35. The molecule has 3 nitrogen and oxygen atoms in total. The lowest BCUT2D eigenvalue weighted by Crippen LogP contribution is -1.94. The Balaban J connectivity index is 1.74. The van der Waals surface area contributed by atoms with Gasteiger partial charge in [-0.25, -0.2) is 4.39 Å². The number of aromatic nitrogens is 3. The summed E-state index contributed by atoms with van der Waals surface area (Å²) in [5.74, 6) is 1.94. The third-order valence-electron chi connectivity index (χ3n) is 3.56. The molecule has 0 saturated carbocycles. The zero-order valence-electron chi connectivity index (χ0n) is 13.3. The van der Waals surface area contributed by atoms with Crippen molar-refractivity contribution in [2.75, 3.05) is 0 Å². The molecule has 1 aromatic carbocycles. The van der Waals surface area contributed by atoms with Crippen molar-refractivity contribution in [3.05, 3.63) is 52.0 Å². The van der Waals surface area contributed by atoms with Crippen LogP contribution in [0.5, 0.6) is 0 Å². The van der Waals surface area contributed by atoms with E-state index in [2.05, 4.69) is 35.5 Å². The minimum atomic E-state index is -0.210. The van der Waals surface area contributed by atoms with E-state index in [1.165, 1.54) is 17.0 Å². The fraction of sp³-hybridized carbons (Fsp3) is 0.294. The van der Waals surface area contributed by atoms with Crippen LogP contribution in [0.2, 0.25) is 0 Å². The first-order valence-electron chi connectivity index (χ1n) is 7.40. The van der Waals surface area contributed by atoms with E-state index in [9.17, 15) is 4.39 Å². The number of benzene rings is 1. The molecule has 23 heavy (non-hydrogen) atoms. The van der Waals surface area contributed by atoms with E-state index >= 15 is 0 Å². The van der Waals surface area contributed by atoms with Gasteiger partial charge in [-0.1, -0.05) is 37.7 Å². The van der Waals surface area contributed by atoms with Crippen molar-refractivity contribution in [1.29, 1.82) is 0 Å². The third-order valence-corrected chi connectivity index (χ3v) is 5.89. The SMILES string of the molecule is CC(C)c1cc(-c2nnc(SCc3ccc(F)cc3)n2C)cs1. The van der Waals surface area contributed by atoms with E-state index in [1.54, 1.807) is 35.2 Å². The lowest BCUT2D eigenvalue weighted by molar-refractivity contribution is 0.627. The Morgan fingerprint density at radius 3 is 2.61 bits per heavy atom. The molecule has 0 bridgehead atoms. The fourth-order valence-corrected chi connectivity index (χ4v) is 3.96. The van der Waals surface area contributed by atoms with E-state index in [-0.39, 0.29) is 5.82 Å². The van der Waals surface area contributed by atoms with Crippen molar-refractivity contribution in [3.63, 3.8) is 0 Å². The standard InChI is InChI=1S/C17H18FN3S2/c1-11(2)15-8-13(10-22-15)16-19-20-17(21(16)3)23-9-12-4-6-14(18)7-5-12/h4-8,10-11H,9H2,1-3H3. The molecular formula is C17H18FN3S2. The van der Waals surface area contributed by atoms with Crippen LogP contribution in [0.15, 0.2) is 40.9 Å². The molecule has 0 aliphatic rings. The second-order valence-corrected chi connectivity index (χ2v) is 7.56. The van der Waals surface area contributed by atoms with Crippen LogP contribution >= 0.6 is 23.1 Å². The molecule has 2 aromatic heterocycles. The van der Waals surface area contributed by atoms with Crippen molar-refractivity contribution in [2.45, 2.75) is 30.7 Å². The Bertz CT molecular complexity index is 791. The van der Waals surface area contributed by atoms with Gasteiger partial charge in [-0.15, -0.1) is 21.5 Å². The van der Waals surface area contributed by atoms with Gasteiger partial charge in [-0.05, 0) is 29.7 Å². The number of thioether (sulfide) groups is 1. The van der Waals surface area contributed by atoms with Crippen LogP contribution in [0.4, 0.5) is 4.39 Å². The van der Waals surface area contributed by atoms with Gasteiger partial charge in [-0.3, -0.25) is 0 Å². The fourth-order valence-electron chi connectivity index (χ4n) is 2.19. The molecule has 120 valence electrons. The average Bonchev–Trinajstić information content (AvgIpc) is 3.14. The molecule has 3 rings (SSSR count). The number of hydrogen-bond donors (Lipinski definition) is 0. The topological polar surface area (TPSA) is 30.7 Å². The van der Waals surface area contributed by atoms with Crippen LogP contribution in [0.3, 0.4) is 0 Å². The van der Waals surface area contributed by atoms with E-state index in [1.807, 2.05) is 11.6 Å². The van der Waals surface area contributed by atoms with E-state index in [0.29, 0.717) is 5.92 Å². The van der Waals surface area contributed by atoms with Gasteiger partial charge in [0.25, 0.3) is 0 Å². The Hall–Kier alpha value is -1.66. The highest BCUT2D eigenvalue weighted by Gasteiger charge is 2.14. The van der Waals surface area contributed by atoms with Crippen molar-refractivity contribution in [3.8, 4) is 11.4 Å². The largest absolute Gasteiger partial charge is 0.305 e. The summed E-state index contributed by atoms with van der Waals surface area (Å²) in [5.41, 5.74) is 2.18. The van der Waals surface area contributed by atoms with Gasteiger partial charge >= 0.3 is 0 Å². The highest BCUT2D eigenvalue weighted by atomic mass is 32.2. The second kappa shape index (κ2) is 6.84. The smallest absolute Gasteiger partial charge is 0.191 e. The molecule has 0 amide bonds. The van der Waals surface area contributed by atoms with Gasteiger partial charge in [-0.2, -0.15) is 0 Å². The molecule has 0 radical (unpaired) electrons. The number of hydrogen-bond acceptors (Lipinski definition) is 4. The third kappa shape index (κ3) is 3.64. The van der Waals surface area contributed by atoms with Gasteiger partial charge in [0.2, 0.25) is 0 Å². The van der Waals surface area contributed by atoms with E-state index in [0.717, 1.165) is 27.9 Å². The van der Waals surface area contributed by atoms with Crippen LogP contribution in [-0.4, -0.2) is 14.8 Å². The summed E-state index contributed by atoms with van der Waals surface area (Å²) in [6, 6.07) is 8.75. The normalized spacial score (nSPS) is 11.3. The van der Waals surface area contributed by atoms with Crippen LogP contribution in [0, 0.1) is 5.82 Å². The maximum Gasteiger partial charge on any atom is 0.191 e. The molecule has 0 atom stereocenters. The number of nitrogens with zero attached hydrogens (tertiary/aromatic N) is 3. The molecule has 0 saturated heterocycles. The van der Waals surface area contributed by atoms with Crippen LogP contribution in [-0.2, 0) is 12.8 Å². The average molecular weight is 347 g/mol. The van der Waals surface area contributed by atoms with Gasteiger partial charge in [0.05, 0.1) is 0 Å². The zero-order valence-corrected chi connectivity index (χ0v) is 14.9. The van der Waals surface area contributed by atoms with Crippen LogP contribution in [0.1, 0.15) is 30.2 Å². The van der Waals surface area contributed by atoms with Crippen molar-refractivity contribution >= 4 is 23.1 Å². The predicted octanol–water partition coefficient (Wildman–Crippen LogP) is 5.10. The Labute approximate surface area is 143 Å². The summed E-state index contributed by atoms with van der Waals surface area (Å²) >= 11 is 3.36. The summed E-state index contributed by atoms with van der Waals surface area (Å²) in [5, 5.41) is 11.6. The van der Waals surface area contributed by atoms with Crippen molar-refractivity contribution in [1.82, 2.24) is 14.8 Å². The highest BCUT2D eigenvalue weighted by molar-refractivity contribution is 7.98. The first-order chi connectivity index (χ1) is 11.0. The molecule has 0 fully saturated rings. The molecule has 0 aliphatic carbocycles. The summed E-state index contributed by atoms with van der Waals surface area (Å²) in [6.07, 6.45) is 0. The quantitative estimate of drug-likeness (QED) is 0.602. The second-order valence-electron chi connectivity index (χ2n) is 5.67. The Kier molecular flexibility index (Phi) is 4.82. The predicted molar refractivity (Wildman–Crippen MR) is 94.4 cm³/mol. The number of rotatable bonds is 5. The monoisotopic (exact) mass is 347 g/mol. The number of thiophene rings is 1. The number of halogens is 1. The minimum absolute atomic E-state index is 0.210. The Morgan fingerprint density at radius 1 is 1.22 bits per heavy atom. The maximum absolute atomic E-state index is 12.9. The van der Waals surface area contributed by atoms with Gasteiger partial charge in [0.15, 0.2) is 11.0 Å². The maximum atomic E-state index is 12.9. The molecule has 3 aromatic rings.